The summed E-state index contributed by atoms with van der Waals surface area (Å²) in [5.74, 6) is 8.00. The Morgan fingerprint density at radius 2 is 1.88 bits per heavy atom. The maximum Gasteiger partial charge on any atom is 0.210 e. The number of ether oxygens (including phenoxy) is 1. The van der Waals surface area contributed by atoms with Crippen LogP contribution in [0.15, 0.2) is 47.6 Å². The Morgan fingerprint density at radius 3 is 2.62 bits per heavy atom. The largest absolute Gasteiger partial charge is 0.486 e. The molecule has 0 saturated carbocycles. The van der Waals surface area contributed by atoms with Crippen LogP contribution in [0.1, 0.15) is 28.1 Å². The molecule has 2 N–H and O–H groups in total. The molecule has 0 unspecified atom stereocenters. The van der Waals surface area contributed by atoms with Gasteiger partial charge in [-0.05, 0) is 48.7 Å². The zero-order valence-electron chi connectivity index (χ0n) is 14.6. The van der Waals surface area contributed by atoms with Gasteiger partial charge in [0.2, 0.25) is 5.16 Å². The van der Waals surface area contributed by atoms with Crippen molar-refractivity contribution in [2.45, 2.75) is 31.4 Å². The van der Waals surface area contributed by atoms with Gasteiger partial charge in [-0.1, -0.05) is 36.0 Å². The molecule has 0 aliphatic carbocycles. The summed E-state index contributed by atoms with van der Waals surface area (Å²) in [6, 6.07) is 15.7. The highest BCUT2D eigenvalue weighted by atomic mass is 32.2. The van der Waals surface area contributed by atoms with Crippen LogP contribution < -0.4 is 10.6 Å². The number of thioether (sulfide) groups is 1. The van der Waals surface area contributed by atoms with Crippen molar-refractivity contribution in [3.8, 4) is 11.8 Å². The fourth-order valence-corrected chi connectivity index (χ4v) is 3.45. The minimum atomic E-state index is 0.238. The molecule has 0 saturated heterocycles. The van der Waals surface area contributed by atoms with Gasteiger partial charge in [0.1, 0.15) is 12.4 Å². The predicted molar refractivity (Wildman–Crippen MR) is 101 cm³/mol. The summed E-state index contributed by atoms with van der Waals surface area (Å²) in [6.07, 6.45) is 0. The van der Waals surface area contributed by atoms with E-state index in [1.807, 2.05) is 44.2 Å². The minimum absolute atomic E-state index is 0.238. The van der Waals surface area contributed by atoms with Gasteiger partial charge in [0.15, 0.2) is 5.82 Å². The third kappa shape index (κ3) is 4.16. The van der Waals surface area contributed by atoms with Gasteiger partial charge in [0.25, 0.3) is 0 Å². The minimum Gasteiger partial charge on any atom is -0.486 e. The molecule has 0 bridgehead atoms. The maximum atomic E-state index is 9.16. The quantitative estimate of drug-likeness (QED) is 0.532. The zero-order valence-corrected chi connectivity index (χ0v) is 15.5. The average molecular weight is 365 g/mol. The molecule has 7 heteroatoms. The average Bonchev–Trinajstić information content (AvgIpc) is 2.97. The molecule has 0 aliphatic rings. The van der Waals surface area contributed by atoms with E-state index < -0.39 is 0 Å². The topological polar surface area (TPSA) is 89.8 Å². The molecule has 0 spiro atoms. The molecule has 0 amide bonds. The number of aryl methyl sites for hydroxylation is 2. The van der Waals surface area contributed by atoms with Crippen LogP contribution in [0.25, 0.3) is 0 Å². The molecule has 3 rings (SSSR count). The first kappa shape index (κ1) is 17.8. The normalized spacial score (nSPS) is 10.5. The van der Waals surface area contributed by atoms with E-state index in [1.54, 1.807) is 6.07 Å². The Bertz CT molecular complexity index is 941. The summed E-state index contributed by atoms with van der Waals surface area (Å²) in [7, 11) is 0. The standard InChI is InChI=1S/C19H19N5OS/c1-13-7-14(2)9-17(8-13)25-11-18-22-23-19(24(18)21)26-12-16-6-4-3-5-15(16)10-20/h3-9H,11-12,21H2,1-2H3. The Hall–Kier alpha value is -2.98. The van der Waals surface area contributed by atoms with Crippen LogP contribution >= 0.6 is 11.8 Å². The second-order valence-corrected chi connectivity index (χ2v) is 6.88. The lowest BCUT2D eigenvalue weighted by molar-refractivity contribution is 0.291. The Kier molecular flexibility index (Phi) is 5.44. The number of nitrogen functional groups attached to an aromatic ring is 1. The van der Waals surface area contributed by atoms with Crippen LogP contribution in [-0.2, 0) is 12.4 Å². The van der Waals surface area contributed by atoms with Crippen molar-refractivity contribution in [3.05, 3.63) is 70.5 Å². The van der Waals surface area contributed by atoms with E-state index in [9.17, 15) is 0 Å². The number of hydrogen-bond donors (Lipinski definition) is 1. The van der Waals surface area contributed by atoms with Crippen molar-refractivity contribution in [1.29, 1.82) is 5.26 Å². The smallest absolute Gasteiger partial charge is 0.210 e. The Labute approximate surface area is 156 Å². The van der Waals surface area contributed by atoms with Gasteiger partial charge in [-0.2, -0.15) is 5.26 Å². The van der Waals surface area contributed by atoms with E-state index >= 15 is 0 Å². The molecule has 26 heavy (non-hydrogen) atoms. The van der Waals surface area contributed by atoms with Crippen LogP contribution in [0.2, 0.25) is 0 Å². The maximum absolute atomic E-state index is 9.16. The predicted octanol–water partition coefficient (Wildman–Crippen LogP) is 3.35. The lowest BCUT2D eigenvalue weighted by Gasteiger charge is -2.08. The van der Waals surface area contributed by atoms with Gasteiger partial charge in [-0.25, -0.2) is 4.68 Å². The number of nitrogens with two attached hydrogens (primary N) is 1. The molecule has 0 fully saturated rings. The summed E-state index contributed by atoms with van der Waals surface area (Å²) in [5, 5.41) is 18.0. The third-order valence-electron chi connectivity index (χ3n) is 3.79. The zero-order chi connectivity index (χ0) is 18.5. The van der Waals surface area contributed by atoms with E-state index in [0.717, 1.165) is 22.4 Å². The molecule has 6 nitrogen and oxygen atoms in total. The van der Waals surface area contributed by atoms with E-state index in [-0.39, 0.29) is 6.61 Å². The Balaban J connectivity index is 1.65. The highest BCUT2D eigenvalue weighted by Crippen LogP contribution is 2.23. The molecule has 3 aromatic rings. The first-order chi connectivity index (χ1) is 12.6. The monoisotopic (exact) mass is 365 g/mol. The molecule has 0 radical (unpaired) electrons. The number of nitrogens with zero attached hydrogens (tertiary/aromatic N) is 4. The molecule has 2 aromatic carbocycles. The first-order valence-corrected chi connectivity index (χ1v) is 9.06. The summed E-state index contributed by atoms with van der Waals surface area (Å²) in [5.41, 5.74) is 3.88. The fourth-order valence-electron chi connectivity index (χ4n) is 2.57. The summed E-state index contributed by atoms with van der Waals surface area (Å²) >= 11 is 1.43. The van der Waals surface area contributed by atoms with Gasteiger partial charge in [0.05, 0.1) is 11.6 Å². The summed E-state index contributed by atoms with van der Waals surface area (Å²) in [4.78, 5) is 0. The van der Waals surface area contributed by atoms with E-state index in [0.29, 0.717) is 22.3 Å². The van der Waals surface area contributed by atoms with Crippen molar-refractivity contribution >= 4 is 11.8 Å². The molecule has 1 aromatic heterocycles. The molecular weight excluding hydrogens is 346 g/mol. The van der Waals surface area contributed by atoms with Gasteiger partial charge < -0.3 is 10.6 Å². The number of nitriles is 1. The molecule has 132 valence electrons. The Morgan fingerprint density at radius 1 is 1.15 bits per heavy atom. The van der Waals surface area contributed by atoms with Gasteiger partial charge in [0, 0.05) is 5.75 Å². The number of benzene rings is 2. The lowest BCUT2D eigenvalue weighted by Crippen LogP contribution is -2.15. The van der Waals surface area contributed by atoms with Gasteiger partial charge >= 0.3 is 0 Å². The highest BCUT2D eigenvalue weighted by Gasteiger charge is 2.12. The molecule has 0 atom stereocenters. The SMILES string of the molecule is Cc1cc(C)cc(OCc2nnc(SCc3ccccc3C#N)n2N)c1. The van der Waals surface area contributed by atoms with Crippen LogP contribution in [0.5, 0.6) is 5.75 Å². The van der Waals surface area contributed by atoms with Crippen LogP contribution in [0.4, 0.5) is 0 Å². The van der Waals surface area contributed by atoms with Crippen molar-refractivity contribution in [2.24, 2.45) is 0 Å². The number of rotatable bonds is 6. The molecule has 0 aliphatic heterocycles. The number of hydrogen-bond acceptors (Lipinski definition) is 6. The van der Waals surface area contributed by atoms with Crippen molar-refractivity contribution in [1.82, 2.24) is 14.9 Å². The summed E-state index contributed by atoms with van der Waals surface area (Å²) < 4.78 is 7.22. The first-order valence-electron chi connectivity index (χ1n) is 8.08. The van der Waals surface area contributed by atoms with Crippen LogP contribution in [-0.4, -0.2) is 14.9 Å². The van der Waals surface area contributed by atoms with Crippen LogP contribution in [0, 0.1) is 25.2 Å². The summed E-state index contributed by atoms with van der Waals surface area (Å²) in [6.45, 7) is 4.29. The second-order valence-electron chi connectivity index (χ2n) is 5.94. The van der Waals surface area contributed by atoms with Crippen molar-refractivity contribution in [3.63, 3.8) is 0 Å². The number of aromatic nitrogens is 3. The highest BCUT2D eigenvalue weighted by molar-refractivity contribution is 7.98. The van der Waals surface area contributed by atoms with Crippen LogP contribution in [0.3, 0.4) is 0 Å². The fraction of sp³-hybridized carbons (Fsp3) is 0.211. The third-order valence-corrected chi connectivity index (χ3v) is 4.78. The van der Waals surface area contributed by atoms with Gasteiger partial charge in [-0.3, -0.25) is 0 Å². The van der Waals surface area contributed by atoms with E-state index in [4.69, 9.17) is 15.8 Å². The second kappa shape index (κ2) is 7.93. The van der Waals surface area contributed by atoms with Crippen molar-refractivity contribution in [2.75, 3.05) is 5.84 Å². The van der Waals surface area contributed by atoms with E-state index in [2.05, 4.69) is 22.3 Å². The lowest BCUT2D eigenvalue weighted by atomic mass is 10.1. The molecule has 1 heterocycles. The molecular formula is C19H19N5OS. The van der Waals surface area contributed by atoms with Gasteiger partial charge in [-0.15, -0.1) is 10.2 Å². The van der Waals surface area contributed by atoms with E-state index in [1.165, 1.54) is 16.4 Å². The van der Waals surface area contributed by atoms with Crippen molar-refractivity contribution < 1.29 is 4.74 Å².